The maximum absolute atomic E-state index is 12.1. The van der Waals surface area contributed by atoms with Gasteiger partial charge in [0.1, 0.15) is 0 Å². The van der Waals surface area contributed by atoms with Crippen molar-refractivity contribution in [3.8, 4) is 0 Å². The summed E-state index contributed by atoms with van der Waals surface area (Å²) in [6.45, 7) is 6.24. The first-order chi connectivity index (χ1) is 10.1. The summed E-state index contributed by atoms with van der Waals surface area (Å²) in [5.74, 6) is 0. The highest BCUT2D eigenvalue weighted by atomic mass is 16.2. The van der Waals surface area contributed by atoms with Crippen LogP contribution in [0.15, 0.2) is 48.5 Å². The topological polar surface area (TPSA) is 41.1 Å². The predicted molar refractivity (Wildman–Crippen MR) is 87.5 cm³/mol. The number of aryl methyl sites for hydroxylation is 2. The molecule has 2 N–H and O–H groups in total. The number of carbonyl (C=O) groups excluding carboxylic acids is 1. The van der Waals surface area contributed by atoms with Gasteiger partial charge >= 0.3 is 6.03 Å². The van der Waals surface area contributed by atoms with Crippen molar-refractivity contribution in [2.24, 2.45) is 0 Å². The standard InChI is InChI=1S/C18H22N2O/c1-4-17(16-11-10-13(2)12-14(16)3)20-18(21)19-15-8-6-5-7-9-15/h5-12,17H,4H2,1-3H3,(H2,19,20,21)/t17-/m1/s1. The third-order valence-electron chi connectivity index (χ3n) is 3.55. The summed E-state index contributed by atoms with van der Waals surface area (Å²) in [4.78, 5) is 12.1. The molecule has 1 atom stereocenters. The van der Waals surface area contributed by atoms with E-state index in [9.17, 15) is 4.79 Å². The molecule has 0 aliphatic heterocycles. The smallest absolute Gasteiger partial charge is 0.319 e. The van der Waals surface area contributed by atoms with Gasteiger partial charge in [0.05, 0.1) is 6.04 Å². The van der Waals surface area contributed by atoms with Crippen molar-refractivity contribution in [2.75, 3.05) is 5.32 Å². The van der Waals surface area contributed by atoms with Crippen molar-refractivity contribution in [3.05, 3.63) is 65.2 Å². The summed E-state index contributed by atoms with van der Waals surface area (Å²) in [6, 6.07) is 15.7. The van der Waals surface area contributed by atoms with Gasteiger partial charge in [0.2, 0.25) is 0 Å². The Morgan fingerprint density at radius 2 is 1.81 bits per heavy atom. The molecule has 0 unspecified atom stereocenters. The van der Waals surface area contributed by atoms with Crippen LogP contribution in [0.3, 0.4) is 0 Å². The zero-order valence-electron chi connectivity index (χ0n) is 12.8. The van der Waals surface area contributed by atoms with E-state index in [1.54, 1.807) is 0 Å². The molecule has 0 saturated carbocycles. The van der Waals surface area contributed by atoms with E-state index in [-0.39, 0.29) is 12.1 Å². The molecule has 0 aromatic heterocycles. The molecule has 0 saturated heterocycles. The second kappa shape index (κ2) is 6.93. The van der Waals surface area contributed by atoms with Crippen LogP contribution in [0, 0.1) is 13.8 Å². The molecule has 0 spiro atoms. The molecule has 21 heavy (non-hydrogen) atoms. The highest BCUT2D eigenvalue weighted by Crippen LogP contribution is 2.21. The number of hydrogen-bond acceptors (Lipinski definition) is 1. The largest absolute Gasteiger partial charge is 0.331 e. The number of rotatable bonds is 4. The highest BCUT2D eigenvalue weighted by molar-refractivity contribution is 5.89. The van der Waals surface area contributed by atoms with E-state index in [2.05, 4.69) is 49.6 Å². The van der Waals surface area contributed by atoms with Crippen LogP contribution in [0.5, 0.6) is 0 Å². The minimum atomic E-state index is -0.173. The van der Waals surface area contributed by atoms with E-state index < -0.39 is 0 Å². The average molecular weight is 282 g/mol. The van der Waals surface area contributed by atoms with Crippen molar-refractivity contribution in [1.82, 2.24) is 5.32 Å². The summed E-state index contributed by atoms with van der Waals surface area (Å²) in [5, 5.41) is 5.90. The first kappa shape index (κ1) is 15.1. The molecule has 2 aromatic carbocycles. The Morgan fingerprint density at radius 1 is 1.10 bits per heavy atom. The Labute approximate surface area is 126 Å². The monoisotopic (exact) mass is 282 g/mol. The molecule has 110 valence electrons. The van der Waals surface area contributed by atoms with Crippen LogP contribution in [0.1, 0.15) is 36.1 Å². The summed E-state index contributed by atoms with van der Waals surface area (Å²) >= 11 is 0. The fourth-order valence-electron chi connectivity index (χ4n) is 2.46. The lowest BCUT2D eigenvalue weighted by Gasteiger charge is -2.20. The molecule has 2 rings (SSSR count). The normalized spacial score (nSPS) is 11.8. The van der Waals surface area contributed by atoms with Crippen molar-refractivity contribution < 1.29 is 4.79 Å². The Bertz CT molecular complexity index is 608. The highest BCUT2D eigenvalue weighted by Gasteiger charge is 2.14. The minimum absolute atomic E-state index is 0.0225. The van der Waals surface area contributed by atoms with Crippen molar-refractivity contribution in [2.45, 2.75) is 33.2 Å². The molecule has 0 bridgehead atoms. The Balaban J connectivity index is 2.06. The van der Waals surface area contributed by atoms with E-state index in [0.29, 0.717) is 0 Å². The fourth-order valence-corrected chi connectivity index (χ4v) is 2.46. The average Bonchev–Trinajstić information content (AvgIpc) is 2.46. The molecule has 0 fully saturated rings. The third kappa shape index (κ3) is 4.09. The first-order valence-corrected chi connectivity index (χ1v) is 7.30. The second-order valence-corrected chi connectivity index (χ2v) is 5.29. The number of benzene rings is 2. The Morgan fingerprint density at radius 3 is 2.43 bits per heavy atom. The van der Waals surface area contributed by atoms with E-state index in [1.807, 2.05) is 30.3 Å². The molecule has 0 heterocycles. The van der Waals surface area contributed by atoms with Gasteiger partial charge < -0.3 is 10.6 Å². The molecule has 0 radical (unpaired) electrons. The molecule has 0 aliphatic rings. The van der Waals surface area contributed by atoms with Gasteiger partial charge in [-0.2, -0.15) is 0 Å². The summed E-state index contributed by atoms with van der Waals surface area (Å²) in [6.07, 6.45) is 0.853. The van der Waals surface area contributed by atoms with Gasteiger partial charge in [0.25, 0.3) is 0 Å². The van der Waals surface area contributed by atoms with Gasteiger partial charge in [0.15, 0.2) is 0 Å². The van der Waals surface area contributed by atoms with Gasteiger partial charge in [-0.15, -0.1) is 0 Å². The second-order valence-electron chi connectivity index (χ2n) is 5.29. The molecule has 2 amide bonds. The lowest BCUT2D eigenvalue weighted by molar-refractivity contribution is 0.248. The molecule has 3 heteroatoms. The van der Waals surface area contributed by atoms with Crippen LogP contribution in [0.2, 0.25) is 0 Å². The van der Waals surface area contributed by atoms with Crippen LogP contribution in [0.4, 0.5) is 10.5 Å². The van der Waals surface area contributed by atoms with E-state index >= 15 is 0 Å². The fraction of sp³-hybridized carbons (Fsp3) is 0.278. The maximum atomic E-state index is 12.1. The minimum Gasteiger partial charge on any atom is -0.331 e. The van der Waals surface area contributed by atoms with Gasteiger partial charge in [-0.3, -0.25) is 0 Å². The zero-order chi connectivity index (χ0) is 15.2. The molecule has 3 nitrogen and oxygen atoms in total. The van der Waals surface area contributed by atoms with E-state index in [1.165, 1.54) is 16.7 Å². The van der Waals surface area contributed by atoms with Crippen molar-refractivity contribution in [1.29, 1.82) is 0 Å². The Hall–Kier alpha value is -2.29. The third-order valence-corrected chi connectivity index (χ3v) is 3.55. The first-order valence-electron chi connectivity index (χ1n) is 7.30. The number of urea groups is 1. The zero-order valence-corrected chi connectivity index (χ0v) is 12.8. The number of carbonyl (C=O) groups is 1. The predicted octanol–water partition coefficient (Wildman–Crippen LogP) is 4.58. The van der Waals surface area contributed by atoms with Crippen LogP contribution in [-0.2, 0) is 0 Å². The molecule has 0 aliphatic carbocycles. The summed E-state index contributed by atoms with van der Waals surface area (Å²) in [5.41, 5.74) is 4.42. The van der Waals surface area contributed by atoms with Crippen LogP contribution < -0.4 is 10.6 Å². The van der Waals surface area contributed by atoms with Gasteiger partial charge in [-0.1, -0.05) is 48.9 Å². The number of para-hydroxylation sites is 1. The number of nitrogens with one attached hydrogen (secondary N) is 2. The number of amides is 2. The lowest BCUT2D eigenvalue weighted by Crippen LogP contribution is -2.32. The maximum Gasteiger partial charge on any atom is 0.319 e. The van der Waals surface area contributed by atoms with Crippen molar-refractivity contribution >= 4 is 11.7 Å². The van der Waals surface area contributed by atoms with E-state index in [0.717, 1.165) is 12.1 Å². The quantitative estimate of drug-likeness (QED) is 0.847. The lowest BCUT2D eigenvalue weighted by atomic mass is 9.98. The summed E-state index contributed by atoms with van der Waals surface area (Å²) < 4.78 is 0. The Kier molecular flexibility index (Phi) is 4.99. The van der Waals surface area contributed by atoms with Crippen LogP contribution in [0.25, 0.3) is 0 Å². The number of anilines is 1. The molecular weight excluding hydrogens is 260 g/mol. The van der Waals surface area contributed by atoms with Gasteiger partial charge in [-0.05, 0) is 43.5 Å². The van der Waals surface area contributed by atoms with E-state index in [4.69, 9.17) is 0 Å². The molecule has 2 aromatic rings. The van der Waals surface area contributed by atoms with Gasteiger partial charge in [-0.25, -0.2) is 4.79 Å². The van der Waals surface area contributed by atoms with Crippen molar-refractivity contribution in [3.63, 3.8) is 0 Å². The summed E-state index contributed by atoms with van der Waals surface area (Å²) in [7, 11) is 0. The van der Waals surface area contributed by atoms with Crippen LogP contribution >= 0.6 is 0 Å². The number of hydrogen-bond donors (Lipinski definition) is 2. The SMILES string of the molecule is CC[C@@H](NC(=O)Nc1ccccc1)c1ccc(C)cc1C. The molecular formula is C18H22N2O. The van der Waals surface area contributed by atoms with Gasteiger partial charge in [0, 0.05) is 5.69 Å². The van der Waals surface area contributed by atoms with Crippen LogP contribution in [-0.4, -0.2) is 6.03 Å².